The molecule has 22 heavy (non-hydrogen) atoms. The number of aromatic nitrogens is 2. The molecule has 0 saturated carbocycles. The van der Waals surface area contributed by atoms with Crippen LogP contribution in [0.5, 0.6) is 0 Å². The van der Waals surface area contributed by atoms with Crippen molar-refractivity contribution in [2.24, 2.45) is 0 Å². The van der Waals surface area contributed by atoms with Crippen LogP contribution in [0.1, 0.15) is 0 Å². The number of nitrogen functional groups attached to an aromatic ring is 1. The maximum Gasteiger partial charge on any atom is 0.288 e. The van der Waals surface area contributed by atoms with Gasteiger partial charge in [0, 0.05) is 19.2 Å². The molecule has 0 atom stereocenters. The molecule has 4 N–H and O–H groups in total. The highest BCUT2D eigenvalue weighted by Gasteiger charge is 2.29. The Morgan fingerprint density at radius 2 is 2.27 bits per heavy atom. The number of nitrogens with zero attached hydrogens (tertiary/aromatic N) is 2. The summed E-state index contributed by atoms with van der Waals surface area (Å²) in [7, 11) is 0. The van der Waals surface area contributed by atoms with E-state index >= 15 is 0 Å². The molecule has 1 saturated heterocycles. The molecule has 0 aromatic carbocycles. The van der Waals surface area contributed by atoms with Crippen molar-refractivity contribution in [1.29, 1.82) is 0 Å². The third-order valence-corrected chi connectivity index (χ3v) is 4.31. The second-order valence-electron chi connectivity index (χ2n) is 4.21. The molecule has 1 fully saturated rings. The molecule has 118 valence electrons. The number of hydrogen-bond acceptors (Lipinski definition) is 8. The fourth-order valence-electron chi connectivity index (χ4n) is 1.61. The van der Waals surface area contributed by atoms with Crippen molar-refractivity contribution < 1.29 is 14.4 Å². The number of nitrogens with one attached hydrogen (secondary N) is 2. The molecule has 0 radical (unpaired) electrons. The molecule has 0 spiro atoms. The molecule has 2 rings (SSSR count). The van der Waals surface area contributed by atoms with E-state index in [-0.39, 0.29) is 58.2 Å². The fourth-order valence-corrected chi connectivity index (χ4v) is 3.08. The van der Waals surface area contributed by atoms with Gasteiger partial charge < -0.3 is 16.0 Å². The Kier molecular flexibility index (Phi) is 5.44. The van der Waals surface area contributed by atoms with Crippen molar-refractivity contribution in [2.45, 2.75) is 5.16 Å². The lowest BCUT2D eigenvalue weighted by atomic mass is 10.5. The Balaban J connectivity index is 1.73. The number of rotatable bonds is 6. The zero-order chi connectivity index (χ0) is 16.1. The summed E-state index contributed by atoms with van der Waals surface area (Å²) in [5, 5.41) is 2.54. The molecule has 1 aromatic rings. The number of hydrogen-bond donors (Lipinski definition) is 3. The lowest BCUT2D eigenvalue weighted by molar-refractivity contribution is -0.125. The van der Waals surface area contributed by atoms with Crippen LogP contribution < -0.4 is 16.6 Å². The van der Waals surface area contributed by atoms with Gasteiger partial charge in [0.1, 0.15) is 5.82 Å². The van der Waals surface area contributed by atoms with Crippen LogP contribution in [-0.4, -0.2) is 56.5 Å². The molecular weight excluding hydrogens is 330 g/mol. The number of H-pyrrole nitrogens is 1. The molecule has 11 heteroatoms. The molecular formula is C11H13N5O4S2. The van der Waals surface area contributed by atoms with Gasteiger partial charge in [-0.1, -0.05) is 23.5 Å². The number of nitrogens with two attached hydrogens (primary N) is 1. The topological polar surface area (TPSA) is 138 Å². The van der Waals surface area contributed by atoms with Crippen LogP contribution in [0.4, 0.5) is 10.6 Å². The van der Waals surface area contributed by atoms with E-state index in [2.05, 4.69) is 15.3 Å². The number of thioether (sulfide) groups is 2. The average molecular weight is 343 g/mol. The predicted molar refractivity (Wildman–Crippen MR) is 82.6 cm³/mol. The normalized spacial score (nSPS) is 14.5. The number of anilines is 1. The molecule has 1 aliphatic rings. The molecule has 9 nitrogen and oxygen atoms in total. The van der Waals surface area contributed by atoms with Gasteiger partial charge in [-0.3, -0.25) is 24.1 Å². The fraction of sp³-hybridized carbons (Fsp3) is 0.364. The highest BCUT2D eigenvalue weighted by Crippen LogP contribution is 2.17. The summed E-state index contributed by atoms with van der Waals surface area (Å²) < 4.78 is 0. The van der Waals surface area contributed by atoms with E-state index in [1.54, 1.807) is 0 Å². The van der Waals surface area contributed by atoms with Crippen LogP contribution in [0.15, 0.2) is 16.0 Å². The van der Waals surface area contributed by atoms with Gasteiger partial charge >= 0.3 is 0 Å². The van der Waals surface area contributed by atoms with Crippen molar-refractivity contribution in [2.75, 3.05) is 30.3 Å². The lowest BCUT2D eigenvalue weighted by Gasteiger charge is -2.12. The summed E-state index contributed by atoms with van der Waals surface area (Å²) >= 11 is 1.98. The number of carbonyl (C=O) groups excluding carboxylic acids is 3. The third kappa shape index (κ3) is 4.49. The Labute approximate surface area is 133 Å². The van der Waals surface area contributed by atoms with Crippen molar-refractivity contribution in [1.82, 2.24) is 20.2 Å². The quantitative estimate of drug-likeness (QED) is 0.453. The van der Waals surface area contributed by atoms with Crippen molar-refractivity contribution >= 4 is 46.4 Å². The molecule has 0 bridgehead atoms. The van der Waals surface area contributed by atoms with E-state index < -0.39 is 0 Å². The molecule has 0 unspecified atom stereocenters. The monoisotopic (exact) mass is 343 g/mol. The summed E-state index contributed by atoms with van der Waals surface area (Å²) in [4.78, 5) is 52.9. The highest BCUT2D eigenvalue weighted by atomic mass is 32.2. The second kappa shape index (κ2) is 7.31. The van der Waals surface area contributed by atoms with Gasteiger partial charge in [0.15, 0.2) is 5.16 Å². The zero-order valence-electron chi connectivity index (χ0n) is 11.3. The van der Waals surface area contributed by atoms with Crippen LogP contribution in [0.2, 0.25) is 0 Å². The number of carbonyl (C=O) groups is 3. The van der Waals surface area contributed by atoms with E-state index in [9.17, 15) is 19.2 Å². The first-order chi connectivity index (χ1) is 10.5. The number of imide groups is 1. The number of aromatic amines is 1. The highest BCUT2D eigenvalue weighted by molar-refractivity contribution is 8.14. The van der Waals surface area contributed by atoms with Gasteiger partial charge in [0.05, 0.1) is 11.5 Å². The molecule has 3 amide bonds. The van der Waals surface area contributed by atoms with Crippen molar-refractivity contribution in [3.8, 4) is 0 Å². The Morgan fingerprint density at radius 3 is 2.91 bits per heavy atom. The Bertz CT molecular complexity index is 646. The second-order valence-corrected chi connectivity index (χ2v) is 6.10. The SMILES string of the molecule is Nc1cc(=O)[nH]c(SCC(=O)NCCN2C(=O)CSC2=O)n1. The summed E-state index contributed by atoms with van der Waals surface area (Å²) in [6.07, 6.45) is 0. The van der Waals surface area contributed by atoms with Gasteiger partial charge in [0.25, 0.3) is 10.8 Å². The van der Waals surface area contributed by atoms with Crippen molar-refractivity contribution in [3.63, 3.8) is 0 Å². The van der Waals surface area contributed by atoms with Gasteiger partial charge in [-0.25, -0.2) is 4.98 Å². The van der Waals surface area contributed by atoms with Crippen LogP contribution in [-0.2, 0) is 9.59 Å². The van der Waals surface area contributed by atoms with Crippen molar-refractivity contribution in [3.05, 3.63) is 16.4 Å². The van der Waals surface area contributed by atoms with E-state index in [4.69, 9.17) is 5.73 Å². The summed E-state index contributed by atoms with van der Waals surface area (Å²) in [6, 6.07) is 1.15. The summed E-state index contributed by atoms with van der Waals surface area (Å²) in [6.45, 7) is 0.326. The molecule has 2 heterocycles. The standard InChI is InChI=1S/C11H13N5O4S2/c12-6-3-7(17)15-10(14-6)21-4-8(18)13-1-2-16-9(19)5-22-11(16)20/h3H,1-2,4-5H2,(H,13,18)(H3,12,14,15,17). The minimum atomic E-state index is -0.390. The Hall–Kier alpha value is -2.01. The van der Waals surface area contributed by atoms with E-state index in [0.717, 1.165) is 34.5 Å². The zero-order valence-corrected chi connectivity index (χ0v) is 13.0. The average Bonchev–Trinajstić information content (AvgIpc) is 2.76. The minimum absolute atomic E-state index is 0.0308. The first-order valence-electron chi connectivity index (χ1n) is 6.19. The van der Waals surface area contributed by atoms with Crippen LogP contribution in [0.25, 0.3) is 0 Å². The minimum Gasteiger partial charge on any atom is -0.383 e. The maximum atomic E-state index is 11.6. The summed E-state index contributed by atoms with van der Waals surface area (Å²) in [5.41, 5.74) is 5.04. The smallest absolute Gasteiger partial charge is 0.288 e. The van der Waals surface area contributed by atoms with Crippen LogP contribution in [0.3, 0.4) is 0 Å². The first-order valence-corrected chi connectivity index (χ1v) is 8.16. The van der Waals surface area contributed by atoms with Crippen LogP contribution in [0, 0.1) is 0 Å². The van der Waals surface area contributed by atoms with Gasteiger partial charge in [-0.15, -0.1) is 0 Å². The third-order valence-electron chi connectivity index (χ3n) is 2.58. The van der Waals surface area contributed by atoms with Gasteiger partial charge in [0.2, 0.25) is 11.8 Å². The van der Waals surface area contributed by atoms with Gasteiger partial charge in [-0.2, -0.15) is 0 Å². The van der Waals surface area contributed by atoms with Gasteiger partial charge in [-0.05, 0) is 0 Å². The molecule has 1 aliphatic heterocycles. The lowest BCUT2D eigenvalue weighted by Crippen LogP contribution is -2.38. The van der Waals surface area contributed by atoms with E-state index in [0.29, 0.717) is 0 Å². The van der Waals surface area contributed by atoms with E-state index in [1.807, 2.05) is 0 Å². The molecule has 1 aromatic heterocycles. The predicted octanol–water partition coefficient (Wildman–Crippen LogP) is -0.744. The largest absolute Gasteiger partial charge is 0.383 e. The number of amides is 3. The van der Waals surface area contributed by atoms with Crippen LogP contribution >= 0.6 is 23.5 Å². The molecule has 0 aliphatic carbocycles. The Morgan fingerprint density at radius 1 is 1.50 bits per heavy atom. The maximum absolute atomic E-state index is 11.6. The van der Waals surface area contributed by atoms with E-state index in [1.165, 1.54) is 0 Å². The summed E-state index contributed by atoms with van der Waals surface area (Å²) in [5.74, 6) is -0.294. The first kappa shape index (κ1) is 16.4.